The van der Waals surface area contributed by atoms with Gasteiger partial charge in [0.15, 0.2) is 0 Å². The van der Waals surface area contributed by atoms with Crippen molar-refractivity contribution in [3.8, 4) is 0 Å². The van der Waals surface area contributed by atoms with Gasteiger partial charge >= 0.3 is 108 Å². The van der Waals surface area contributed by atoms with E-state index in [4.69, 9.17) is 0 Å². The van der Waals surface area contributed by atoms with Crippen LogP contribution in [0.15, 0.2) is 12.1 Å². The number of hydrogen-bond donors (Lipinski definition) is 0. The Balaban J connectivity index is 0.000000621. The van der Waals surface area contributed by atoms with Crippen LogP contribution in [0.3, 0.4) is 0 Å². The van der Waals surface area contributed by atoms with Crippen LogP contribution in [0.25, 0.3) is 0 Å². The maximum Gasteiger partial charge on any atom is 0.673 e. The van der Waals surface area contributed by atoms with Crippen molar-refractivity contribution in [3.63, 3.8) is 0 Å². The smallest absolute Gasteiger partial charge is 0.418 e. The third-order valence-corrected chi connectivity index (χ3v) is 6.40. The maximum atomic E-state index is 9.75. The Bertz CT molecular complexity index is 404. The molecule has 0 nitrogen and oxygen atoms in total. The number of aryl methyl sites for hydroxylation is 1. The molecule has 0 fully saturated rings. The van der Waals surface area contributed by atoms with Gasteiger partial charge in [0.25, 0.3) is 0 Å². The first-order valence-electron chi connectivity index (χ1n) is 6.44. The topological polar surface area (TPSA) is 0 Å². The van der Waals surface area contributed by atoms with Crippen LogP contribution in [0, 0.1) is 6.92 Å². The van der Waals surface area contributed by atoms with Crippen LogP contribution < -0.4 is 0 Å². The average Bonchev–Trinajstić information content (AvgIpc) is 2.10. The molecule has 0 saturated heterocycles. The number of rotatable bonds is 0. The van der Waals surface area contributed by atoms with Crippen LogP contribution in [-0.4, -0.2) is 21.8 Å². The first-order chi connectivity index (χ1) is 8.60. The predicted octanol–water partition coefficient (Wildman–Crippen LogP) is 5.23. The van der Waals surface area contributed by atoms with E-state index in [2.05, 4.69) is 60.6 Å². The van der Waals surface area contributed by atoms with Crippen molar-refractivity contribution in [1.29, 1.82) is 0 Å². The predicted molar refractivity (Wildman–Crippen MR) is 80.1 cm³/mol. The van der Waals surface area contributed by atoms with E-state index < -0.39 is 7.25 Å². The summed E-state index contributed by atoms with van der Waals surface area (Å²) in [6.45, 7) is 16.1. The van der Waals surface area contributed by atoms with Gasteiger partial charge in [0, 0.05) is 0 Å². The molecule has 6 heteroatoms. The minimum atomic E-state index is -6.00. The van der Waals surface area contributed by atoms with Crippen molar-refractivity contribution in [3.05, 3.63) is 26.6 Å². The second kappa shape index (κ2) is 6.61. The summed E-state index contributed by atoms with van der Waals surface area (Å²) in [6.07, 6.45) is 0. The SMILES string of the molecule is Cc1cc(C(C)(C)C)[se+]c(C(C)(C)C)c1.F[B-](F)(F)F. The Morgan fingerprint density at radius 1 is 0.800 bits per heavy atom. The molecule has 1 rings (SSSR count). The number of halogens is 4. The molecule has 0 radical (unpaired) electrons. The number of hydrogen-bond acceptors (Lipinski definition) is 0. The molecule has 0 aromatic carbocycles. The summed E-state index contributed by atoms with van der Waals surface area (Å²) < 4.78 is 42.2. The third-order valence-electron chi connectivity index (χ3n) is 2.42. The molecule has 0 spiro atoms. The largest absolute Gasteiger partial charge is 0.673 e. The molecule has 0 aliphatic carbocycles. The van der Waals surface area contributed by atoms with Gasteiger partial charge in [0.05, 0.1) is 0 Å². The Hall–Kier alpha value is -0.346. The van der Waals surface area contributed by atoms with Gasteiger partial charge in [-0.25, -0.2) is 0 Å². The van der Waals surface area contributed by atoms with Gasteiger partial charge in [0.1, 0.15) is 0 Å². The summed E-state index contributed by atoms with van der Waals surface area (Å²) >= 11 is 0.538. The summed E-state index contributed by atoms with van der Waals surface area (Å²) in [5.74, 6) is 0. The zero-order chi connectivity index (χ0) is 16.4. The summed E-state index contributed by atoms with van der Waals surface area (Å²) in [5, 5.41) is 0. The summed E-state index contributed by atoms with van der Waals surface area (Å²) in [6, 6.07) is 4.77. The molecule has 0 saturated carbocycles. The minimum absolute atomic E-state index is 0.325. The summed E-state index contributed by atoms with van der Waals surface area (Å²) in [4.78, 5) is 0. The van der Waals surface area contributed by atoms with Gasteiger partial charge < -0.3 is 17.3 Å². The van der Waals surface area contributed by atoms with Crippen LogP contribution >= 0.6 is 0 Å². The first-order valence-corrected chi connectivity index (χ1v) is 8.15. The van der Waals surface area contributed by atoms with Crippen molar-refractivity contribution in [2.75, 3.05) is 0 Å². The molecular weight excluding hydrogens is 334 g/mol. The Morgan fingerprint density at radius 3 is 1.25 bits per heavy atom. The summed E-state index contributed by atoms with van der Waals surface area (Å²) in [5.41, 5.74) is 2.07. The normalized spacial score (nSPS) is 12.8. The van der Waals surface area contributed by atoms with Crippen LogP contribution in [-0.2, 0) is 10.8 Å². The molecule has 0 amide bonds. The molecule has 0 atom stereocenters. The van der Waals surface area contributed by atoms with Gasteiger partial charge in [-0.15, -0.1) is 0 Å². The minimum Gasteiger partial charge on any atom is -0.418 e. The summed E-state index contributed by atoms with van der Waals surface area (Å²) in [7, 11) is -6.00. The van der Waals surface area contributed by atoms with Crippen LogP contribution in [0.4, 0.5) is 17.3 Å². The molecule has 0 N–H and O–H groups in total. The van der Waals surface area contributed by atoms with E-state index in [0.717, 1.165) is 0 Å². The van der Waals surface area contributed by atoms with Crippen LogP contribution in [0.1, 0.15) is 56.0 Å². The molecule has 116 valence electrons. The molecule has 0 unspecified atom stereocenters. The van der Waals surface area contributed by atoms with Crippen LogP contribution in [0.2, 0.25) is 0 Å². The molecule has 0 bridgehead atoms. The molecule has 1 aromatic heterocycles. The Morgan fingerprint density at radius 2 is 1.05 bits per heavy atom. The quantitative estimate of drug-likeness (QED) is 0.441. The fraction of sp³-hybridized carbons (Fsp3) is 0.643. The van der Waals surface area contributed by atoms with E-state index in [0.29, 0.717) is 25.3 Å². The second-order valence-corrected chi connectivity index (χ2v) is 9.13. The maximum absolute atomic E-state index is 9.75. The van der Waals surface area contributed by atoms with Crippen molar-refractivity contribution in [1.82, 2.24) is 0 Å². The van der Waals surface area contributed by atoms with Crippen molar-refractivity contribution in [2.45, 2.75) is 59.3 Å². The zero-order valence-electron chi connectivity index (χ0n) is 13.2. The molecule has 20 heavy (non-hydrogen) atoms. The average molecular weight is 357 g/mol. The standard InChI is InChI=1S/C14H23Se.BF4/c1-10-8-11(13(2,3)4)15-12(9-10)14(5,6)7;2-1(3,4)5/h8-9H,1-7H3;/q+1;-1. The molecule has 0 aliphatic heterocycles. The van der Waals surface area contributed by atoms with E-state index in [1.54, 1.807) is 8.87 Å². The fourth-order valence-corrected chi connectivity index (χ4v) is 4.18. The molecular formula is C14H23BF4Se. The fourth-order valence-electron chi connectivity index (χ4n) is 1.37. The van der Waals surface area contributed by atoms with Gasteiger partial charge in [-0.2, -0.15) is 0 Å². The monoisotopic (exact) mass is 358 g/mol. The molecule has 1 aromatic rings. The Kier molecular flexibility index (Phi) is 6.50. The van der Waals surface area contributed by atoms with Crippen molar-refractivity contribution < 1.29 is 17.3 Å². The van der Waals surface area contributed by atoms with E-state index >= 15 is 0 Å². The van der Waals surface area contributed by atoms with E-state index in [9.17, 15) is 17.3 Å². The van der Waals surface area contributed by atoms with E-state index in [1.165, 1.54) is 5.56 Å². The van der Waals surface area contributed by atoms with Gasteiger partial charge in [-0.05, 0) is 0 Å². The van der Waals surface area contributed by atoms with Crippen molar-refractivity contribution in [2.24, 2.45) is 0 Å². The first kappa shape index (κ1) is 19.7. The van der Waals surface area contributed by atoms with Crippen LogP contribution in [0.5, 0.6) is 0 Å². The van der Waals surface area contributed by atoms with E-state index in [1.807, 2.05) is 0 Å². The molecule has 0 aliphatic rings. The van der Waals surface area contributed by atoms with Gasteiger partial charge in [-0.3, -0.25) is 0 Å². The van der Waals surface area contributed by atoms with Gasteiger partial charge in [-0.1, -0.05) is 0 Å². The third kappa shape index (κ3) is 8.75. The van der Waals surface area contributed by atoms with E-state index in [-0.39, 0.29) is 0 Å². The second-order valence-electron chi connectivity index (χ2n) is 6.86. The zero-order valence-corrected chi connectivity index (χ0v) is 14.9. The Labute approximate surface area is 125 Å². The van der Waals surface area contributed by atoms with Crippen molar-refractivity contribution >= 4 is 21.8 Å². The molecule has 1 heterocycles. The van der Waals surface area contributed by atoms with Gasteiger partial charge in [0.2, 0.25) is 0 Å².